The van der Waals surface area contributed by atoms with Crippen LogP contribution in [0.3, 0.4) is 0 Å². The fraction of sp³-hybridized carbons (Fsp3) is 0.381. The fourth-order valence-electron chi connectivity index (χ4n) is 2.96. The monoisotopic (exact) mass is 310 g/mol. The summed E-state index contributed by atoms with van der Waals surface area (Å²) in [4.78, 5) is 11.7. The lowest BCUT2D eigenvalue weighted by Crippen LogP contribution is -2.00. The van der Waals surface area contributed by atoms with Crippen molar-refractivity contribution < 1.29 is 9.53 Å². The van der Waals surface area contributed by atoms with Crippen molar-refractivity contribution >= 4 is 22.8 Å². The third kappa shape index (κ3) is 4.44. The molecule has 0 amide bonds. The van der Waals surface area contributed by atoms with Crippen LogP contribution < -0.4 is 0 Å². The topological polar surface area (TPSA) is 26.3 Å². The maximum Gasteiger partial charge on any atom is 0.330 e. The molecule has 0 atom stereocenters. The summed E-state index contributed by atoms with van der Waals surface area (Å²) in [6, 6.07) is 10.7. The van der Waals surface area contributed by atoms with E-state index >= 15 is 0 Å². The minimum atomic E-state index is -0.281. The number of benzene rings is 2. The molecule has 2 aromatic carbocycles. The van der Waals surface area contributed by atoms with Crippen LogP contribution in [0.2, 0.25) is 0 Å². The van der Waals surface area contributed by atoms with E-state index in [0.29, 0.717) is 6.61 Å². The summed E-state index contributed by atoms with van der Waals surface area (Å²) in [6.07, 6.45) is 8.12. The van der Waals surface area contributed by atoms with Gasteiger partial charge in [-0.1, -0.05) is 50.1 Å². The van der Waals surface area contributed by atoms with Gasteiger partial charge in [0.1, 0.15) is 0 Å². The number of hydrogen-bond donors (Lipinski definition) is 0. The Balaban J connectivity index is 2.45. The lowest BCUT2D eigenvalue weighted by atomic mass is 9.92. The van der Waals surface area contributed by atoms with E-state index in [2.05, 4.69) is 44.2 Å². The second-order valence-electron chi connectivity index (χ2n) is 5.85. The van der Waals surface area contributed by atoms with Gasteiger partial charge in [0, 0.05) is 6.08 Å². The number of unbranched alkanes of at least 4 members (excludes halogenated alkanes) is 2. The van der Waals surface area contributed by atoms with E-state index in [1.807, 2.05) is 13.0 Å². The molecule has 0 aliphatic carbocycles. The van der Waals surface area contributed by atoms with Crippen molar-refractivity contribution in [1.29, 1.82) is 0 Å². The number of carbonyl (C=O) groups excluding carboxylic acids is 1. The van der Waals surface area contributed by atoms with Crippen LogP contribution in [0.15, 0.2) is 36.4 Å². The highest BCUT2D eigenvalue weighted by atomic mass is 16.5. The zero-order chi connectivity index (χ0) is 16.7. The van der Waals surface area contributed by atoms with Crippen molar-refractivity contribution in [1.82, 2.24) is 0 Å². The Hall–Kier alpha value is -2.09. The molecule has 0 fully saturated rings. The first-order chi connectivity index (χ1) is 11.2. The summed E-state index contributed by atoms with van der Waals surface area (Å²) in [5.74, 6) is -0.281. The van der Waals surface area contributed by atoms with Crippen molar-refractivity contribution in [3.05, 3.63) is 53.1 Å². The molecule has 2 heteroatoms. The summed E-state index contributed by atoms with van der Waals surface area (Å²) in [6.45, 7) is 6.60. The molecule has 0 bridgehead atoms. The van der Waals surface area contributed by atoms with E-state index in [4.69, 9.17) is 4.74 Å². The molecular formula is C21H26O2. The van der Waals surface area contributed by atoms with Crippen molar-refractivity contribution in [2.75, 3.05) is 6.61 Å². The lowest BCUT2D eigenvalue weighted by molar-refractivity contribution is -0.137. The zero-order valence-electron chi connectivity index (χ0n) is 14.4. The van der Waals surface area contributed by atoms with Gasteiger partial charge >= 0.3 is 5.97 Å². The van der Waals surface area contributed by atoms with Crippen LogP contribution in [0.25, 0.3) is 16.8 Å². The predicted octanol–water partition coefficient (Wildman–Crippen LogP) is 5.46. The fourth-order valence-corrected chi connectivity index (χ4v) is 2.96. The average Bonchev–Trinajstić information content (AvgIpc) is 2.55. The Morgan fingerprint density at radius 1 is 1.13 bits per heavy atom. The third-order valence-electron chi connectivity index (χ3n) is 4.10. The van der Waals surface area contributed by atoms with Crippen LogP contribution in [0.4, 0.5) is 0 Å². The number of hydrogen-bond acceptors (Lipinski definition) is 2. The van der Waals surface area contributed by atoms with Crippen molar-refractivity contribution in [3.8, 4) is 0 Å². The number of ether oxygens (including phenoxy) is 1. The van der Waals surface area contributed by atoms with E-state index < -0.39 is 0 Å². The van der Waals surface area contributed by atoms with Crippen LogP contribution in [0.5, 0.6) is 0 Å². The molecule has 0 spiro atoms. The van der Waals surface area contributed by atoms with Gasteiger partial charge in [0.05, 0.1) is 6.61 Å². The Labute approximate surface area is 139 Å². The first-order valence-corrected chi connectivity index (χ1v) is 8.53. The molecular weight excluding hydrogens is 284 g/mol. The largest absolute Gasteiger partial charge is 0.463 e. The number of esters is 1. The molecule has 122 valence electrons. The van der Waals surface area contributed by atoms with E-state index in [1.54, 1.807) is 6.08 Å². The van der Waals surface area contributed by atoms with E-state index in [1.165, 1.54) is 41.2 Å². The summed E-state index contributed by atoms with van der Waals surface area (Å²) in [5, 5.41) is 2.45. The van der Waals surface area contributed by atoms with E-state index in [9.17, 15) is 4.79 Å². The van der Waals surface area contributed by atoms with Gasteiger partial charge in [0.15, 0.2) is 0 Å². The maximum atomic E-state index is 11.7. The molecule has 0 unspecified atom stereocenters. The Morgan fingerprint density at radius 2 is 1.87 bits per heavy atom. The Morgan fingerprint density at radius 3 is 2.57 bits per heavy atom. The smallest absolute Gasteiger partial charge is 0.330 e. The van der Waals surface area contributed by atoms with Crippen molar-refractivity contribution in [2.24, 2.45) is 0 Å². The summed E-state index contributed by atoms with van der Waals surface area (Å²) >= 11 is 0. The molecule has 0 heterocycles. The standard InChI is InChI=1S/C21H26O2/c1-4-6-7-10-17-15-16(3)18-11-8-9-12-20(18)19(17)13-14-21(22)23-5-2/h8-9,11-15H,4-7,10H2,1-3H3/b14-13+. The van der Waals surface area contributed by atoms with Crippen molar-refractivity contribution in [3.63, 3.8) is 0 Å². The Kier molecular flexibility index (Phi) is 6.40. The van der Waals surface area contributed by atoms with Crippen LogP contribution in [0, 0.1) is 6.92 Å². The SMILES string of the molecule is CCCCCc1cc(C)c2ccccc2c1/C=C/C(=O)OCC. The van der Waals surface area contributed by atoms with Crippen LogP contribution in [0.1, 0.15) is 49.8 Å². The number of aryl methyl sites for hydroxylation is 2. The molecule has 0 aliphatic rings. The van der Waals surface area contributed by atoms with Crippen molar-refractivity contribution in [2.45, 2.75) is 46.5 Å². The zero-order valence-corrected chi connectivity index (χ0v) is 14.4. The molecule has 0 N–H and O–H groups in total. The van der Waals surface area contributed by atoms with Gasteiger partial charge in [-0.05, 0) is 60.2 Å². The molecule has 23 heavy (non-hydrogen) atoms. The highest BCUT2D eigenvalue weighted by Crippen LogP contribution is 2.28. The van der Waals surface area contributed by atoms with Gasteiger partial charge in [0.25, 0.3) is 0 Å². The second-order valence-corrected chi connectivity index (χ2v) is 5.85. The molecule has 2 nitrogen and oxygen atoms in total. The molecule has 0 aromatic heterocycles. The van der Waals surface area contributed by atoms with Gasteiger partial charge in [-0.2, -0.15) is 0 Å². The number of rotatable bonds is 7. The number of carbonyl (C=O) groups is 1. The maximum absolute atomic E-state index is 11.7. The van der Waals surface area contributed by atoms with E-state index in [-0.39, 0.29) is 5.97 Å². The molecule has 0 saturated heterocycles. The molecule has 0 aliphatic heterocycles. The minimum absolute atomic E-state index is 0.281. The highest BCUT2D eigenvalue weighted by Gasteiger charge is 2.08. The van der Waals surface area contributed by atoms with E-state index in [0.717, 1.165) is 12.0 Å². The molecule has 2 aromatic rings. The highest BCUT2D eigenvalue weighted by molar-refractivity contribution is 5.97. The minimum Gasteiger partial charge on any atom is -0.463 e. The van der Waals surface area contributed by atoms with Crippen LogP contribution >= 0.6 is 0 Å². The summed E-state index contributed by atoms with van der Waals surface area (Å²) in [5.41, 5.74) is 3.76. The first-order valence-electron chi connectivity index (χ1n) is 8.53. The Bertz CT molecular complexity index is 698. The van der Waals surface area contributed by atoms with Crippen LogP contribution in [-0.2, 0) is 16.0 Å². The summed E-state index contributed by atoms with van der Waals surface area (Å²) < 4.78 is 5.01. The van der Waals surface area contributed by atoms with Gasteiger partial charge in [0.2, 0.25) is 0 Å². The summed E-state index contributed by atoms with van der Waals surface area (Å²) in [7, 11) is 0. The lowest BCUT2D eigenvalue weighted by Gasteiger charge is -2.13. The average molecular weight is 310 g/mol. The van der Waals surface area contributed by atoms with Gasteiger partial charge in [-0.3, -0.25) is 0 Å². The molecule has 2 rings (SSSR count). The number of fused-ring (bicyclic) bond motifs is 1. The van der Waals surface area contributed by atoms with Gasteiger partial charge < -0.3 is 4.74 Å². The quantitative estimate of drug-likeness (QED) is 0.386. The normalized spacial score (nSPS) is 11.3. The van der Waals surface area contributed by atoms with Gasteiger partial charge in [-0.25, -0.2) is 4.79 Å². The van der Waals surface area contributed by atoms with Gasteiger partial charge in [-0.15, -0.1) is 0 Å². The molecule has 0 saturated carbocycles. The second kappa shape index (κ2) is 8.52. The molecule has 0 radical (unpaired) electrons. The third-order valence-corrected chi connectivity index (χ3v) is 4.10. The van der Waals surface area contributed by atoms with Crippen LogP contribution in [-0.4, -0.2) is 12.6 Å². The predicted molar refractivity (Wildman–Crippen MR) is 97.6 cm³/mol. The first kappa shape index (κ1) is 17.3.